The monoisotopic (exact) mass is 493 g/mol. The summed E-state index contributed by atoms with van der Waals surface area (Å²) in [4.78, 5) is 12.0. The minimum Gasteiger partial charge on any atom is -0.389 e. The zero-order chi connectivity index (χ0) is 25.7. The molecule has 0 rings (SSSR count). The minimum atomic E-state index is -0.440. The normalized spacial score (nSPS) is 12.4. The second-order valence-corrected chi connectivity index (χ2v) is 10.7. The Kier molecular flexibility index (Phi) is 28.7. The third kappa shape index (κ3) is 29.3. The van der Waals surface area contributed by atoms with E-state index in [-0.39, 0.29) is 5.91 Å². The summed E-state index contributed by atoms with van der Waals surface area (Å²) < 4.78 is 0. The Morgan fingerprint density at radius 2 is 1.03 bits per heavy atom. The van der Waals surface area contributed by atoms with Crippen LogP contribution >= 0.6 is 0 Å². The topological polar surface area (TPSA) is 49.3 Å². The van der Waals surface area contributed by atoms with E-state index in [1.807, 2.05) is 6.08 Å². The van der Waals surface area contributed by atoms with E-state index in [0.717, 1.165) is 19.3 Å². The molecule has 0 heterocycles. The van der Waals surface area contributed by atoms with Crippen LogP contribution in [0.25, 0.3) is 0 Å². The molecule has 208 valence electrons. The molecule has 3 nitrogen and oxygen atoms in total. The molecule has 0 bridgehead atoms. The van der Waals surface area contributed by atoms with Gasteiger partial charge in [-0.3, -0.25) is 4.79 Å². The fourth-order valence-corrected chi connectivity index (χ4v) is 4.67. The van der Waals surface area contributed by atoms with Crippen molar-refractivity contribution in [3.8, 4) is 0 Å². The number of nitrogens with one attached hydrogen (secondary N) is 1. The fraction of sp³-hybridized carbons (Fsp3) is 0.906. The van der Waals surface area contributed by atoms with Gasteiger partial charge in [0.1, 0.15) is 0 Å². The van der Waals surface area contributed by atoms with E-state index in [9.17, 15) is 9.90 Å². The highest BCUT2D eigenvalue weighted by atomic mass is 16.3. The van der Waals surface area contributed by atoms with E-state index >= 15 is 0 Å². The summed E-state index contributed by atoms with van der Waals surface area (Å²) in [5.41, 5.74) is 0. The van der Waals surface area contributed by atoms with Gasteiger partial charge in [-0.05, 0) is 25.7 Å². The number of hydrogen-bond donors (Lipinski definition) is 2. The Morgan fingerprint density at radius 1 is 0.629 bits per heavy atom. The molecule has 0 aliphatic carbocycles. The molecule has 1 atom stereocenters. The predicted octanol–water partition coefficient (Wildman–Crippen LogP) is 9.81. The van der Waals surface area contributed by atoms with Crippen molar-refractivity contribution in [3.63, 3.8) is 0 Å². The standard InChI is InChI=1S/C32H63NO2/c1-3-5-7-9-11-13-15-16-18-19-21-23-25-27-31(34)29-30-33-32(35)28-26-24-22-20-17-14-12-10-8-6-4-2/h25,27,31,34H,3-24,26,28-30H2,1-2H3,(H,33,35)/b27-25+. The third-order valence-electron chi connectivity index (χ3n) is 7.10. The van der Waals surface area contributed by atoms with E-state index in [1.54, 1.807) is 0 Å². The maximum atomic E-state index is 12.0. The van der Waals surface area contributed by atoms with Gasteiger partial charge < -0.3 is 10.4 Å². The number of hydrogen-bond acceptors (Lipinski definition) is 2. The quantitative estimate of drug-likeness (QED) is 0.0841. The van der Waals surface area contributed by atoms with Crippen molar-refractivity contribution in [2.45, 2.75) is 180 Å². The average molecular weight is 494 g/mol. The lowest BCUT2D eigenvalue weighted by Crippen LogP contribution is -2.26. The lowest BCUT2D eigenvalue weighted by molar-refractivity contribution is -0.121. The summed E-state index contributed by atoms with van der Waals surface area (Å²) in [6.45, 7) is 5.11. The lowest BCUT2D eigenvalue weighted by Gasteiger charge is -2.08. The van der Waals surface area contributed by atoms with Crippen LogP contribution in [0.1, 0.15) is 174 Å². The van der Waals surface area contributed by atoms with Crippen molar-refractivity contribution in [1.82, 2.24) is 5.32 Å². The Bertz CT molecular complexity index is 449. The van der Waals surface area contributed by atoms with Crippen LogP contribution in [0.15, 0.2) is 12.2 Å². The molecule has 35 heavy (non-hydrogen) atoms. The zero-order valence-corrected chi connectivity index (χ0v) is 24.0. The summed E-state index contributed by atoms with van der Waals surface area (Å²) in [5, 5.41) is 13.0. The van der Waals surface area contributed by atoms with Crippen LogP contribution in [-0.2, 0) is 4.79 Å². The van der Waals surface area contributed by atoms with Crippen molar-refractivity contribution in [2.24, 2.45) is 0 Å². The number of amides is 1. The lowest BCUT2D eigenvalue weighted by atomic mass is 10.1. The van der Waals surface area contributed by atoms with E-state index in [2.05, 4.69) is 25.2 Å². The smallest absolute Gasteiger partial charge is 0.219 e. The van der Waals surface area contributed by atoms with Crippen LogP contribution in [0.2, 0.25) is 0 Å². The number of unbranched alkanes of at least 4 members (excludes halogenated alkanes) is 21. The predicted molar refractivity (Wildman–Crippen MR) is 155 cm³/mol. The summed E-state index contributed by atoms with van der Waals surface area (Å²) in [6, 6.07) is 0. The van der Waals surface area contributed by atoms with Gasteiger partial charge >= 0.3 is 0 Å². The minimum absolute atomic E-state index is 0.137. The van der Waals surface area contributed by atoms with Crippen molar-refractivity contribution in [1.29, 1.82) is 0 Å². The Hall–Kier alpha value is -0.830. The second-order valence-electron chi connectivity index (χ2n) is 10.7. The molecular formula is C32H63NO2. The van der Waals surface area contributed by atoms with Crippen molar-refractivity contribution in [3.05, 3.63) is 12.2 Å². The molecule has 0 aromatic rings. The van der Waals surface area contributed by atoms with E-state index in [0.29, 0.717) is 19.4 Å². The first-order valence-electron chi connectivity index (χ1n) is 15.8. The zero-order valence-electron chi connectivity index (χ0n) is 24.0. The number of allylic oxidation sites excluding steroid dienone is 1. The van der Waals surface area contributed by atoms with Gasteiger partial charge in [0, 0.05) is 13.0 Å². The molecule has 0 saturated carbocycles. The molecule has 0 aromatic carbocycles. The van der Waals surface area contributed by atoms with E-state index in [4.69, 9.17) is 0 Å². The van der Waals surface area contributed by atoms with Crippen molar-refractivity contribution >= 4 is 5.91 Å². The van der Waals surface area contributed by atoms with Gasteiger partial charge in [0.05, 0.1) is 6.10 Å². The van der Waals surface area contributed by atoms with Gasteiger partial charge in [-0.2, -0.15) is 0 Å². The van der Waals surface area contributed by atoms with E-state index in [1.165, 1.54) is 128 Å². The second kappa shape index (κ2) is 29.4. The SMILES string of the molecule is CCCCCCCCCCCCC/C=C/C(O)CCNC(=O)CCCCCCCCCCCCC. The molecule has 0 saturated heterocycles. The highest BCUT2D eigenvalue weighted by molar-refractivity contribution is 5.75. The van der Waals surface area contributed by atoms with Crippen molar-refractivity contribution < 1.29 is 9.90 Å². The van der Waals surface area contributed by atoms with Crippen molar-refractivity contribution in [2.75, 3.05) is 6.54 Å². The van der Waals surface area contributed by atoms with Crippen LogP contribution in [0.5, 0.6) is 0 Å². The van der Waals surface area contributed by atoms with Crippen LogP contribution in [0, 0.1) is 0 Å². The largest absolute Gasteiger partial charge is 0.389 e. The van der Waals surface area contributed by atoms with Gasteiger partial charge in [0.2, 0.25) is 5.91 Å². The molecular weight excluding hydrogens is 430 g/mol. The molecule has 0 aliphatic heterocycles. The molecule has 3 heteroatoms. The number of aliphatic hydroxyl groups excluding tert-OH is 1. The number of carbonyl (C=O) groups is 1. The third-order valence-corrected chi connectivity index (χ3v) is 7.10. The first kappa shape index (κ1) is 34.2. The molecule has 0 radical (unpaired) electrons. The van der Waals surface area contributed by atoms with Gasteiger partial charge in [0.15, 0.2) is 0 Å². The first-order chi connectivity index (χ1) is 17.2. The number of carbonyl (C=O) groups excluding carboxylic acids is 1. The van der Waals surface area contributed by atoms with Gasteiger partial charge in [-0.25, -0.2) is 0 Å². The molecule has 1 amide bonds. The van der Waals surface area contributed by atoms with Crippen LogP contribution in [0.4, 0.5) is 0 Å². The summed E-state index contributed by atoms with van der Waals surface area (Å²) >= 11 is 0. The molecule has 2 N–H and O–H groups in total. The maximum Gasteiger partial charge on any atom is 0.219 e. The average Bonchev–Trinajstić information content (AvgIpc) is 2.85. The fourth-order valence-electron chi connectivity index (χ4n) is 4.67. The molecule has 0 spiro atoms. The first-order valence-corrected chi connectivity index (χ1v) is 15.8. The Labute approximate surface area is 220 Å². The Balaban J connectivity index is 3.35. The van der Waals surface area contributed by atoms with Gasteiger partial charge in [0.25, 0.3) is 0 Å². The van der Waals surface area contributed by atoms with Gasteiger partial charge in [-0.15, -0.1) is 0 Å². The summed E-state index contributed by atoms with van der Waals surface area (Å²) in [5.74, 6) is 0.137. The van der Waals surface area contributed by atoms with Gasteiger partial charge in [-0.1, -0.05) is 154 Å². The van der Waals surface area contributed by atoms with Crippen LogP contribution < -0.4 is 5.32 Å². The molecule has 0 aliphatic rings. The molecule has 1 unspecified atom stereocenters. The highest BCUT2D eigenvalue weighted by Gasteiger charge is 2.03. The molecule has 0 fully saturated rings. The van der Waals surface area contributed by atoms with Crippen LogP contribution in [-0.4, -0.2) is 23.7 Å². The highest BCUT2D eigenvalue weighted by Crippen LogP contribution is 2.13. The van der Waals surface area contributed by atoms with Crippen LogP contribution in [0.3, 0.4) is 0 Å². The Morgan fingerprint density at radius 3 is 1.49 bits per heavy atom. The van der Waals surface area contributed by atoms with E-state index < -0.39 is 6.10 Å². The molecule has 0 aromatic heterocycles. The number of rotatable bonds is 28. The summed E-state index contributed by atoms with van der Waals surface area (Å²) in [7, 11) is 0. The maximum absolute atomic E-state index is 12.0. The number of aliphatic hydroxyl groups is 1. The summed E-state index contributed by atoms with van der Waals surface area (Å²) in [6.07, 6.45) is 35.2.